The Labute approximate surface area is 201 Å². The first-order valence-electron chi connectivity index (χ1n) is 12.0. The minimum absolute atomic E-state index is 0.0206. The van der Waals surface area contributed by atoms with Crippen molar-refractivity contribution < 1.29 is 23.7 Å². The number of pyridine rings is 1. The largest absolute Gasteiger partial charge is 0.495 e. The molecule has 34 heavy (non-hydrogen) atoms. The number of hydrogen-bond donors (Lipinski definition) is 0. The summed E-state index contributed by atoms with van der Waals surface area (Å²) in [5.74, 6) is 2.63. The van der Waals surface area contributed by atoms with E-state index in [1.165, 1.54) is 0 Å². The third-order valence-electron chi connectivity index (χ3n) is 5.99. The number of benzene rings is 1. The smallest absolute Gasteiger partial charge is 0.253 e. The topological polar surface area (TPSA) is 73.4 Å². The van der Waals surface area contributed by atoms with Crippen LogP contribution in [0.5, 0.6) is 17.2 Å². The highest BCUT2D eigenvalue weighted by atomic mass is 16.5. The van der Waals surface area contributed by atoms with E-state index >= 15 is 0 Å². The second-order valence-electron chi connectivity index (χ2n) is 9.23. The maximum atomic E-state index is 13.6. The highest BCUT2D eigenvalue weighted by molar-refractivity contribution is 5.81. The van der Waals surface area contributed by atoms with Crippen LogP contribution in [0.4, 0.5) is 0 Å². The highest BCUT2D eigenvalue weighted by Crippen LogP contribution is 2.31. The van der Waals surface area contributed by atoms with Crippen LogP contribution in [-0.4, -0.2) is 73.4 Å². The Morgan fingerprint density at radius 3 is 2.82 bits per heavy atom. The van der Waals surface area contributed by atoms with Gasteiger partial charge in [0.1, 0.15) is 11.9 Å². The maximum absolute atomic E-state index is 13.6. The van der Waals surface area contributed by atoms with Crippen molar-refractivity contribution in [3.8, 4) is 17.2 Å². The monoisotopic (exact) mass is 469 g/mol. The average Bonchev–Trinajstić information content (AvgIpc) is 3.08. The lowest BCUT2D eigenvalue weighted by molar-refractivity contribution is -0.151. The fraction of sp³-hybridized carbons (Fsp3) is 0.538. The molecule has 0 N–H and O–H groups in total. The van der Waals surface area contributed by atoms with Gasteiger partial charge in [-0.05, 0) is 29.7 Å². The maximum Gasteiger partial charge on any atom is 0.253 e. The van der Waals surface area contributed by atoms with Gasteiger partial charge < -0.3 is 23.8 Å². The number of nitrogens with zero attached hydrogens (tertiary/aromatic N) is 3. The molecule has 0 spiro atoms. The minimum Gasteiger partial charge on any atom is -0.495 e. The first-order chi connectivity index (χ1) is 16.5. The molecular formula is C26H35N3O5. The van der Waals surface area contributed by atoms with Crippen molar-refractivity contribution >= 4 is 5.91 Å². The molecular weight excluding hydrogens is 434 g/mol. The van der Waals surface area contributed by atoms with Crippen molar-refractivity contribution in [3.05, 3.63) is 47.8 Å². The zero-order valence-corrected chi connectivity index (χ0v) is 20.4. The van der Waals surface area contributed by atoms with E-state index < -0.39 is 6.10 Å². The molecule has 1 atom stereocenters. The van der Waals surface area contributed by atoms with Crippen LogP contribution in [0.25, 0.3) is 0 Å². The summed E-state index contributed by atoms with van der Waals surface area (Å²) in [7, 11) is 1.65. The molecule has 0 radical (unpaired) electrons. The van der Waals surface area contributed by atoms with Crippen molar-refractivity contribution in [2.24, 2.45) is 5.92 Å². The molecule has 1 amide bonds. The lowest BCUT2D eigenvalue weighted by Gasteiger charge is -2.35. The minimum atomic E-state index is -0.499. The quantitative estimate of drug-likeness (QED) is 0.588. The number of hydrogen-bond acceptors (Lipinski definition) is 7. The summed E-state index contributed by atoms with van der Waals surface area (Å²) in [6, 6.07) is 7.90. The van der Waals surface area contributed by atoms with Gasteiger partial charge in [-0.1, -0.05) is 19.9 Å². The van der Waals surface area contributed by atoms with Crippen molar-refractivity contribution in [2.45, 2.75) is 39.5 Å². The van der Waals surface area contributed by atoms with Crippen LogP contribution in [0.3, 0.4) is 0 Å². The summed E-state index contributed by atoms with van der Waals surface area (Å²) in [6.45, 7) is 9.22. The van der Waals surface area contributed by atoms with Crippen LogP contribution in [0.2, 0.25) is 0 Å². The third-order valence-corrected chi connectivity index (χ3v) is 5.99. The number of morpholine rings is 1. The van der Waals surface area contributed by atoms with E-state index in [4.69, 9.17) is 18.9 Å². The number of fused-ring (bicyclic) bond motifs is 1. The summed E-state index contributed by atoms with van der Waals surface area (Å²) < 4.78 is 23.0. The van der Waals surface area contributed by atoms with Gasteiger partial charge in [0, 0.05) is 50.9 Å². The fourth-order valence-corrected chi connectivity index (χ4v) is 4.36. The summed E-state index contributed by atoms with van der Waals surface area (Å²) >= 11 is 0. The first-order valence-corrected chi connectivity index (χ1v) is 12.0. The number of ether oxygens (including phenoxy) is 4. The van der Waals surface area contributed by atoms with Crippen LogP contribution in [0.15, 0.2) is 36.7 Å². The lowest BCUT2D eigenvalue weighted by atomic mass is 10.1. The normalized spacial score (nSPS) is 18.4. The molecule has 1 fully saturated rings. The predicted molar refractivity (Wildman–Crippen MR) is 128 cm³/mol. The van der Waals surface area contributed by atoms with E-state index in [9.17, 15) is 4.79 Å². The third kappa shape index (κ3) is 6.18. The van der Waals surface area contributed by atoms with Crippen LogP contribution in [-0.2, 0) is 22.6 Å². The molecule has 4 rings (SSSR count). The summed E-state index contributed by atoms with van der Waals surface area (Å²) in [5.41, 5.74) is 2.07. The molecule has 0 saturated carbocycles. The van der Waals surface area contributed by atoms with E-state index in [0.717, 1.165) is 41.3 Å². The Balaban J connectivity index is 1.45. The van der Waals surface area contributed by atoms with Crippen molar-refractivity contribution in [1.29, 1.82) is 0 Å². The molecule has 1 aromatic carbocycles. The molecule has 184 valence electrons. The number of carbonyl (C=O) groups is 1. The van der Waals surface area contributed by atoms with Gasteiger partial charge in [-0.25, -0.2) is 0 Å². The molecule has 2 aromatic rings. The van der Waals surface area contributed by atoms with Gasteiger partial charge in [0.2, 0.25) is 0 Å². The van der Waals surface area contributed by atoms with Crippen LogP contribution in [0, 0.1) is 5.92 Å². The second kappa shape index (κ2) is 11.5. The van der Waals surface area contributed by atoms with E-state index in [-0.39, 0.29) is 5.91 Å². The Hall–Kier alpha value is -2.84. The molecule has 8 nitrogen and oxygen atoms in total. The molecule has 0 bridgehead atoms. The van der Waals surface area contributed by atoms with E-state index in [0.29, 0.717) is 51.9 Å². The number of aromatic nitrogens is 1. The predicted octanol–water partition coefficient (Wildman–Crippen LogP) is 3.14. The average molecular weight is 470 g/mol. The highest BCUT2D eigenvalue weighted by Gasteiger charge is 2.31. The molecule has 0 aliphatic carbocycles. The van der Waals surface area contributed by atoms with Crippen molar-refractivity contribution in [2.75, 3.05) is 46.6 Å². The van der Waals surface area contributed by atoms with E-state index in [1.54, 1.807) is 19.5 Å². The van der Waals surface area contributed by atoms with Gasteiger partial charge in [-0.2, -0.15) is 0 Å². The van der Waals surface area contributed by atoms with Crippen molar-refractivity contribution in [3.63, 3.8) is 0 Å². The van der Waals surface area contributed by atoms with Crippen LogP contribution >= 0.6 is 0 Å². The zero-order chi connectivity index (χ0) is 23.9. The summed E-state index contributed by atoms with van der Waals surface area (Å²) in [5, 5.41) is 0. The Morgan fingerprint density at radius 2 is 2.03 bits per heavy atom. The number of carbonyl (C=O) groups excluding carboxylic acids is 1. The first kappa shape index (κ1) is 24.3. The molecule has 3 heterocycles. The Bertz CT molecular complexity index is 967. The fourth-order valence-electron chi connectivity index (χ4n) is 4.36. The van der Waals surface area contributed by atoms with E-state index in [1.807, 2.05) is 29.2 Å². The van der Waals surface area contributed by atoms with Gasteiger partial charge in [-0.3, -0.25) is 14.7 Å². The van der Waals surface area contributed by atoms with Gasteiger partial charge in [0.05, 0.1) is 33.1 Å². The van der Waals surface area contributed by atoms with Crippen LogP contribution < -0.4 is 14.2 Å². The zero-order valence-electron chi connectivity index (χ0n) is 20.4. The number of methoxy groups -OCH3 is 1. The standard InChI is InChI=1S/C26H35N3O5/c1-19(2)15-29(16-20-5-6-22-23(13-20)33-11-4-10-32-22)26(30)25-18-28(9-12-34-25)17-21-7-8-27-14-24(21)31-3/h5-8,13-14,19,25H,4,9-12,15-18H2,1-3H3/t25-/m1/s1. The number of amides is 1. The second-order valence-corrected chi connectivity index (χ2v) is 9.23. The Morgan fingerprint density at radius 1 is 1.21 bits per heavy atom. The van der Waals surface area contributed by atoms with Gasteiger partial charge in [0.15, 0.2) is 11.5 Å². The summed E-state index contributed by atoms with van der Waals surface area (Å²) in [6.07, 6.45) is 3.85. The van der Waals surface area contributed by atoms with Gasteiger partial charge >= 0.3 is 0 Å². The molecule has 1 saturated heterocycles. The molecule has 0 unspecified atom stereocenters. The summed E-state index contributed by atoms with van der Waals surface area (Å²) in [4.78, 5) is 21.9. The van der Waals surface area contributed by atoms with Crippen molar-refractivity contribution in [1.82, 2.24) is 14.8 Å². The Kier molecular flexibility index (Phi) is 8.24. The number of rotatable bonds is 8. The van der Waals surface area contributed by atoms with Crippen LogP contribution in [0.1, 0.15) is 31.4 Å². The molecule has 1 aromatic heterocycles. The lowest BCUT2D eigenvalue weighted by Crippen LogP contribution is -2.51. The molecule has 2 aliphatic heterocycles. The van der Waals surface area contributed by atoms with Gasteiger partial charge in [0.25, 0.3) is 5.91 Å². The molecule has 2 aliphatic rings. The molecule has 8 heteroatoms. The van der Waals surface area contributed by atoms with E-state index in [2.05, 4.69) is 23.7 Å². The van der Waals surface area contributed by atoms with Gasteiger partial charge in [-0.15, -0.1) is 0 Å². The SMILES string of the molecule is COc1cnccc1CN1CCO[C@@H](C(=O)N(Cc2ccc3c(c2)OCCCO3)CC(C)C)C1.